The first-order chi connectivity index (χ1) is 17.2. The lowest BCUT2D eigenvalue weighted by atomic mass is 10.2. The van der Waals surface area contributed by atoms with Gasteiger partial charge in [0.15, 0.2) is 5.57 Å². The summed E-state index contributed by atoms with van der Waals surface area (Å²) < 4.78 is 10.4. The van der Waals surface area contributed by atoms with Gasteiger partial charge in [-0.3, -0.25) is 4.79 Å². The third-order valence-corrected chi connectivity index (χ3v) is 9.41. The summed E-state index contributed by atoms with van der Waals surface area (Å²) in [6.07, 6.45) is 0. The molecule has 0 saturated heterocycles. The number of carbonyl (C=O) groups is 4. The van der Waals surface area contributed by atoms with E-state index in [1.165, 1.54) is 0 Å². The van der Waals surface area contributed by atoms with Crippen molar-refractivity contribution < 1.29 is 28.7 Å². The number of nitrogens with one attached hydrogen (secondary N) is 2. The number of nitrogens with two attached hydrogens (primary N) is 2. The summed E-state index contributed by atoms with van der Waals surface area (Å²) in [6.45, 7) is 10.8. The van der Waals surface area contributed by atoms with Gasteiger partial charge in [-0.25, -0.2) is 19.2 Å². The van der Waals surface area contributed by atoms with E-state index in [9.17, 15) is 24.4 Å². The number of primary amides is 2. The summed E-state index contributed by atoms with van der Waals surface area (Å²) in [4.78, 5) is 53.2. The third-order valence-electron chi connectivity index (χ3n) is 4.17. The standard InChI is InChI=1S/C20H16N6O6S4/c1-4-31-15(27)7(6-21)17-33-11-8(25-19(22)29)13-14(9(12(11)34-17)26-20(23)30)36-18(35-13)10(24-3)16(28)32-5-2/h4-5H2,1-2H3,(H3,22,25,29)(H3,23,26,30). The van der Waals surface area contributed by atoms with Crippen LogP contribution >= 0.6 is 47.0 Å². The minimum Gasteiger partial charge on any atom is -0.471 e. The van der Waals surface area contributed by atoms with Gasteiger partial charge in [0, 0.05) is 0 Å². The molecule has 2 aliphatic heterocycles. The van der Waals surface area contributed by atoms with E-state index in [1.54, 1.807) is 13.8 Å². The van der Waals surface area contributed by atoms with Gasteiger partial charge < -0.3 is 31.6 Å². The Morgan fingerprint density at radius 2 is 1.28 bits per heavy atom. The fraction of sp³-hybridized carbons (Fsp3) is 0.200. The fourth-order valence-electron chi connectivity index (χ4n) is 2.89. The van der Waals surface area contributed by atoms with Crippen LogP contribution in [0.25, 0.3) is 4.85 Å². The molecule has 0 atom stereocenters. The highest BCUT2D eigenvalue weighted by Crippen LogP contribution is 2.67. The molecule has 0 spiro atoms. The number of anilines is 2. The van der Waals surface area contributed by atoms with Gasteiger partial charge >= 0.3 is 24.0 Å². The molecule has 0 bridgehead atoms. The van der Waals surface area contributed by atoms with Crippen LogP contribution < -0.4 is 22.1 Å². The number of rotatable bonds is 6. The van der Waals surface area contributed by atoms with Gasteiger partial charge in [0.1, 0.15) is 6.07 Å². The number of thioether (sulfide) groups is 4. The van der Waals surface area contributed by atoms with Crippen LogP contribution in [-0.4, -0.2) is 37.2 Å². The second kappa shape index (κ2) is 11.5. The predicted molar refractivity (Wildman–Crippen MR) is 136 cm³/mol. The first-order valence-electron chi connectivity index (χ1n) is 9.85. The van der Waals surface area contributed by atoms with E-state index in [4.69, 9.17) is 27.5 Å². The van der Waals surface area contributed by atoms with Crippen LogP contribution in [0.4, 0.5) is 21.0 Å². The molecular weight excluding hydrogens is 549 g/mol. The van der Waals surface area contributed by atoms with Gasteiger partial charge in [0.25, 0.3) is 5.70 Å². The van der Waals surface area contributed by atoms with Crippen LogP contribution in [-0.2, 0) is 19.1 Å². The van der Waals surface area contributed by atoms with Gasteiger partial charge in [0.05, 0.1) is 59.2 Å². The Bertz CT molecular complexity index is 1200. The maximum absolute atomic E-state index is 12.3. The van der Waals surface area contributed by atoms with Crippen LogP contribution in [0.15, 0.2) is 39.3 Å². The first kappa shape index (κ1) is 27.2. The fourth-order valence-corrected chi connectivity index (χ4v) is 8.30. The molecule has 2 aliphatic rings. The minimum atomic E-state index is -0.900. The Morgan fingerprint density at radius 1 is 0.861 bits per heavy atom. The molecule has 6 N–H and O–H groups in total. The van der Waals surface area contributed by atoms with E-state index in [1.807, 2.05) is 6.07 Å². The summed E-state index contributed by atoms with van der Waals surface area (Å²) >= 11 is 3.99. The van der Waals surface area contributed by atoms with Crippen molar-refractivity contribution in [2.45, 2.75) is 33.4 Å². The SMILES string of the molecule is [C-]#[N+]C(C(=O)OCC)=C1Sc2c(NC(N)=O)c3c(c(NC(N)=O)c2S1)SC(=C(C#N)C(=O)OCC)S3. The van der Waals surface area contributed by atoms with Crippen LogP contribution in [0.5, 0.6) is 0 Å². The molecule has 0 unspecified atom stereocenters. The molecule has 16 heteroatoms. The third kappa shape index (κ3) is 5.36. The van der Waals surface area contributed by atoms with Crippen molar-refractivity contribution in [1.29, 1.82) is 5.26 Å². The van der Waals surface area contributed by atoms with Crippen LogP contribution in [0, 0.1) is 17.9 Å². The number of hydrogen-bond acceptors (Lipinski definition) is 11. The van der Waals surface area contributed by atoms with Crippen molar-refractivity contribution in [1.82, 2.24) is 0 Å². The predicted octanol–water partition coefficient (Wildman–Crippen LogP) is 4.01. The number of urea groups is 2. The molecule has 0 aliphatic carbocycles. The number of nitrogens with zero attached hydrogens (tertiary/aromatic N) is 2. The van der Waals surface area contributed by atoms with Gasteiger partial charge in [-0.2, -0.15) is 5.26 Å². The number of carbonyl (C=O) groups excluding carboxylic acids is 4. The Kier molecular flexibility index (Phi) is 8.70. The van der Waals surface area contributed by atoms with E-state index in [0.717, 1.165) is 47.0 Å². The molecule has 0 fully saturated rings. The summed E-state index contributed by atoms with van der Waals surface area (Å²) in [5.74, 6) is -1.65. The van der Waals surface area contributed by atoms with Crippen LogP contribution in [0.3, 0.4) is 0 Å². The molecule has 1 aromatic rings. The number of fused-ring (bicyclic) bond motifs is 2. The number of amides is 4. The largest absolute Gasteiger partial charge is 0.471 e. The second-order valence-electron chi connectivity index (χ2n) is 6.42. The van der Waals surface area contributed by atoms with Gasteiger partial charge in [-0.05, 0) is 13.8 Å². The molecule has 36 heavy (non-hydrogen) atoms. The molecule has 1 aromatic carbocycles. The van der Waals surface area contributed by atoms with Crippen LogP contribution in [0.2, 0.25) is 0 Å². The lowest BCUT2D eigenvalue weighted by Gasteiger charge is -2.16. The average Bonchev–Trinajstić information content (AvgIpc) is 3.42. The summed E-state index contributed by atoms with van der Waals surface area (Å²) in [7, 11) is 0. The number of esters is 2. The van der Waals surface area contributed by atoms with Crippen molar-refractivity contribution in [3.8, 4) is 6.07 Å². The van der Waals surface area contributed by atoms with E-state index in [0.29, 0.717) is 19.6 Å². The van der Waals surface area contributed by atoms with Crippen molar-refractivity contribution >= 4 is 82.4 Å². The number of benzene rings is 1. The van der Waals surface area contributed by atoms with Crippen molar-refractivity contribution in [3.05, 3.63) is 31.2 Å². The number of hydrogen-bond donors (Lipinski definition) is 4. The number of nitriles is 1. The lowest BCUT2D eigenvalue weighted by molar-refractivity contribution is -0.139. The summed E-state index contributed by atoms with van der Waals surface area (Å²) in [6, 6.07) is 0.0315. The molecule has 3 rings (SSSR count). The molecule has 2 heterocycles. The zero-order valence-electron chi connectivity index (χ0n) is 18.5. The average molecular weight is 565 g/mol. The van der Waals surface area contributed by atoms with E-state index >= 15 is 0 Å². The van der Waals surface area contributed by atoms with Gasteiger partial charge in [-0.1, -0.05) is 47.0 Å². The Balaban J connectivity index is 2.26. The molecule has 0 radical (unpaired) electrons. The highest BCUT2D eigenvalue weighted by molar-refractivity contribution is 8.26. The van der Waals surface area contributed by atoms with Gasteiger partial charge in [0.2, 0.25) is 0 Å². The zero-order chi connectivity index (χ0) is 26.6. The Labute approximate surface area is 221 Å². The Morgan fingerprint density at radius 3 is 1.64 bits per heavy atom. The lowest BCUT2D eigenvalue weighted by Crippen LogP contribution is -2.22. The first-order valence-corrected chi connectivity index (χ1v) is 13.1. The molecule has 4 amide bonds. The zero-order valence-corrected chi connectivity index (χ0v) is 21.8. The minimum absolute atomic E-state index is 0.0586. The van der Waals surface area contributed by atoms with E-state index in [2.05, 4.69) is 15.5 Å². The monoisotopic (exact) mass is 564 g/mol. The maximum atomic E-state index is 12.3. The summed E-state index contributed by atoms with van der Waals surface area (Å²) in [5.41, 5.74) is 10.7. The highest BCUT2D eigenvalue weighted by atomic mass is 32.2. The van der Waals surface area contributed by atoms with Crippen molar-refractivity contribution in [2.24, 2.45) is 11.5 Å². The maximum Gasteiger partial charge on any atom is 0.350 e. The normalized spacial score (nSPS) is 13.0. The van der Waals surface area contributed by atoms with Crippen molar-refractivity contribution in [2.75, 3.05) is 23.8 Å². The Hall–Kier alpha value is -3.44. The molecule has 186 valence electrons. The molecule has 12 nitrogen and oxygen atoms in total. The van der Waals surface area contributed by atoms with E-state index in [-0.39, 0.29) is 44.3 Å². The molecular formula is C20H16N6O6S4. The highest BCUT2D eigenvalue weighted by Gasteiger charge is 2.38. The van der Waals surface area contributed by atoms with Crippen molar-refractivity contribution in [3.63, 3.8) is 0 Å². The smallest absolute Gasteiger partial charge is 0.350 e. The van der Waals surface area contributed by atoms with E-state index < -0.39 is 24.0 Å². The second-order valence-corrected chi connectivity index (χ2v) is 11.0. The molecule has 0 aromatic heterocycles. The molecule has 0 saturated carbocycles. The van der Waals surface area contributed by atoms with Crippen LogP contribution in [0.1, 0.15) is 13.8 Å². The summed E-state index contributed by atoms with van der Waals surface area (Å²) in [5, 5.41) is 14.7. The quantitative estimate of drug-likeness (QED) is 0.128. The topological polar surface area (TPSA) is 191 Å². The van der Waals surface area contributed by atoms with Gasteiger partial charge in [-0.15, -0.1) is 0 Å². The number of ether oxygens (including phenoxy) is 2.